The van der Waals surface area contributed by atoms with Crippen LogP contribution in [0, 0.1) is 6.92 Å². The zero-order valence-corrected chi connectivity index (χ0v) is 14.8. The highest BCUT2D eigenvalue weighted by Gasteiger charge is 2.22. The van der Waals surface area contributed by atoms with Gasteiger partial charge in [-0.15, -0.1) is 23.7 Å². The van der Waals surface area contributed by atoms with Crippen molar-refractivity contribution in [2.45, 2.75) is 51.2 Å². The largest absolute Gasteiger partial charge is 0.459 e. The number of thiazole rings is 1. The molecule has 0 spiro atoms. The molecule has 2 aromatic rings. The third-order valence-corrected chi connectivity index (χ3v) is 5.27. The van der Waals surface area contributed by atoms with E-state index in [-0.39, 0.29) is 12.4 Å². The number of hydrogen-bond acceptors (Lipinski definition) is 5. The van der Waals surface area contributed by atoms with Gasteiger partial charge >= 0.3 is 0 Å². The van der Waals surface area contributed by atoms with E-state index in [1.165, 1.54) is 17.7 Å². The first kappa shape index (κ1) is 17.5. The Labute approximate surface area is 142 Å². The van der Waals surface area contributed by atoms with Crippen LogP contribution in [0.15, 0.2) is 22.7 Å². The SMILES string of the molecule is Cc1ccc(-c2ncc(CN(C)C3CCC(N)CC3)s2)o1.Cl. The lowest BCUT2D eigenvalue weighted by molar-refractivity contribution is 0.177. The van der Waals surface area contributed by atoms with Gasteiger partial charge in [0.25, 0.3) is 0 Å². The Morgan fingerprint density at radius 1 is 1.32 bits per heavy atom. The van der Waals surface area contributed by atoms with Gasteiger partial charge in [0, 0.05) is 29.7 Å². The first-order valence-corrected chi connectivity index (χ1v) is 8.41. The van der Waals surface area contributed by atoms with E-state index in [0.717, 1.165) is 35.9 Å². The fourth-order valence-electron chi connectivity index (χ4n) is 2.96. The molecule has 0 bridgehead atoms. The normalized spacial score (nSPS) is 21.8. The summed E-state index contributed by atoms with van der Waals surface area (Å²) in [5.74, 6) is 1.80. The van der Waals surface area contributed by atoms with E-state index in [1.54, 1.807) is 11.3 Å². The van der Waals surface area contributed by atoms with E-state index in [2.05, 4.69) is 16.9 Å². The molecule has 2 N–H and O–H groups in total. The summed E-state index contributed by atoms with van der Waals surface area (Å²) in [6.45, 7) is 2.91. The predicted molar refractivity (Wildman–Crippen MR) is 93.5 cm³/mol. The molecule has 0 aliphatic heterocycles. The number of nitrogens with two attached hydrogens (primary N) is 1. The maximum Gasteiger partial charge on any atom is 0.162 e. The van der Waals surface area contributed by atoms with Gasteiger partial charge in [-0.3, -0.25) is 4.90 Å². The summed E-state index contributed by atoms with van der Waals surface area (Å²) in [6.07, 6.45) is 6.69. The monoisotopic (exact) mass is 341 g/mol. The Hall–Kier alpha value is -0.880. The number of hydrogen-bond donors (Lipinski definition) is 1. The van der Waals surface area contributed by atoms with Crippen molar-refractivity contribution >= 4 is 23.7 Å². The summed E-state index contributed by atoms with van der Waals surface area (Å²) in [6, 6.07) is 5.03. The topological polar surface area (TPSA) is 55.3 Å². The van der Waals surface area contributed by atoms with Crippen molar-refractivity contribution in [1.82, 2.24) is 9.88 Å². The summed E-state index contributed by atoms with van der Waals surface area (Å²) in [7, 11) is 2.21. The second-order valence-corrected chi connectivity index (χ2v) is 7.14. The van der Waals surface area contributed by atoms with Gasteiger partial charge in [-0.1, -0.05) is 0 Å². The number of rotatable bonds is 4. The molecule has 1 aliphatic carbocycles. The number of nitrogens with zero attached hydrogens (tertiary/aromatic N) is 2. The minimum absolute atomic E-state index is 0. The molecule has 1 fully saturated rings. The standard InChI is InChI=1S/C16H23N3OS.ClH/c1-11-3-8-15(20-11)16-18-9-14(21-16)10-19(2)13-6-4-12(17)5-7-13;/h3,8-9,12-13H,4-7,10,17H2,1-2H3;1H. The van der Waals surface area contributed by atoms with Gasteiger partial charge in [-0.25, -0.2) is 4.98 Å². The minimum atomic E-state index is 0. The molecule has 0 amide bonds. The van der Waals surface area contributed by atoms with Crippen molar-refractivity contribution in [3.8, 4) is 10.8 Å². The van der Waals surface area contributed by atoms with Crippen molar-refractivity contribution < 1.29 is 4.42 Å². The fraction of sp³-hybridized carbons (Fsp3) is 0.562. The molecule has 22 heavy (non-hydrogen) atoms. The Balaban J connectivity index is 0.00000176. The van der Waals surface area contributed by atoms with Crippen molar-refractivity contribution in [3.63, 3.8) is 0 Å². The van der Waals surface area contributed by atoms with Gasteiger partial charge < -0.3 is 10.2 Å². The Morgan fingerprint density at radius 2 is 2.05 bits per heavy atom. The van der Waals surface area contributed by atoms with Crippen LogP contribution in [0.5, 0.6) is 0 Å². The lowest BCUT2D eigenvalue weighted by Gasteiger charge is -2.33. The molecule has 0 atom stereocenters. The van der Waals surface area contributed by atoms with Gasteiger partial charge in [0.1, 0.15) is 5.76 Å². The molecule has 0 radical (unpaired) electrons. The second-order valence-electron chi connectivity index (χ2n) is 6.03. The molecule has 3 rings (SSSR count). The molecule has 4 nitrogen and oxygen atoms in total. The molecule has 0 aromatic carbocycles. The summed E-state index contributed by atoms with van der Waals surface area (Å²) >= 11 is 1.72. The van der Waals surface area contributed by atoms with Crippen molar-refractivity contribution in [1.29, 1.82) is 0 Å². The lowest BCUT2D eigenvalue weighted by atomic mass is 9.91. The summed E-state index contributed by atoms with van der Waals surface area (Å²) in [4.78, 5) is 8.22. The summed E-state index contributed by atoms with van der Waals surface area (Å²) in [5, 5.41) is 0.970. The molecule has 2 heterocycles. The number of furan rings is 1. The molecule has 6 heteroatoms. The van der Waals surface area contributed by atoms with Gasteiger partial charge in [-0.05, 0) is 51.8 Å². The van der Waals surface area contributed by atoms with Crippen LogP contribution in [0.4, 0.5) is 0 Å². The average molecular weight is 342 g/mol. The second kappa shape index (κ2) is 7.59. The summed E-state index contributed by atoms with van der Waals surface area (Å²) in [5.41, 5.74) is 5.98. The zero-order chi connectivity index (χ0) is 14.8. The summed E-state index contributed by atoms with van der Waals surface area (Å²) < 4.78 is 5.64. The van der Waals surface area contributed by atoms with Crippen LogP contribution in [-0.2, 0) is 6.54 Å². The van der Waals surface area contributed by atoms with Crippen LogP contribution in [0.25, 0.3) is 10.8 Å². The van der Waals surface area contributed by atoms with Crippen LogP contribution >= 0.6 is 23.7 Å². The quantitative estimate of drug-likeness (QED) is 0.918. The molecule has 0 saturated heterocycles. The van der Waals surface area contributed by atoms with E-state index in [0.29, 0.717) is 12.1 Å². The number of halogens is 1. The van der Waals surface area contributed by atoms with Crippen LogP contribution in [-0.4, -0.2) is 29.0 Å². The van der Waals surface area contributed by atoms with Gasteiger partial charge in [0.2, 0.25) is 0 Å². The smallest absolute Gasteiger partial charge is 0.162 e. The highest BCUT2D eigenvalue weighted by Crippen LogP contribution is 2.29. The van der Waals surface area contributed by atoms with E-state index in [1.807, 2.05) is 25.3 Å². The number of aromatic nitrogens is 1. The van der Waals surface area contributed by atoms with Crippen LogP contribution in [0.3, 0.4) is 0 Å². The van der Waals surface area contributed by atoms with Gasteiger partial charge in [0.15, 0.2) is 10.8 Å². The average Bonchev–Trinajstić information content (AvgIpc) is 3.08. The van der Waals surface area contributed by atoms with E-state index in [4.69, 9.17) is 10.2 Å². The Kier molecular flexibility index (Phi) is 6.03. The maximum absolute atomic E-state index is 5.98. The molecule has 1 saturated carbocycles. The molecular weight excluding hydrogens is 318 g/mol. The molecule has 0 unspecified atom stereocenters. The highest BCUT2D eigenvalue weighted by molar-refractivity contribution is 7.14. The maximum atomic E-state index is 5.98. The first-order chi connectivity index (χ1) is 10.1. The minimum Gasteiger partial charge on any atom is -0.459 e. The Morgan fingerprint density at radius 3 is 2.68 bits per heavy atom. The van der Waals surface area contributed by atoms with Crippen molar-refractivity contribution in [2.24, 2.45) is 5.73 Å². The van der Waals surface area contributed by atoms with E-state index in [9.17, 15) is 0 Å². The molecule has 2 aromatic heterocycles. The van der Waals surface area contributed by atoms with Crippen molar-refractivity contribution in [3.05, 3.63) is 29.0 Å². The van der Waals surface area contributed by atoms with Crippen molar-refractivity contribution in [2.75, 3.05) is 7.05 Å². The molecular formula is C16H24ClN3OS. The Bertz CT molecular complexity index is 590. The van der Waals surface area contributed by atoms with E-state index >= 15 is 0 Å². The molecule has 122 valence electrons. The zero-order valence-electron chi connectivity index (χ0n) is 13.1. The van der Waals surface area contributed by atoms with Crippen LogP contribution in [0.2, 0.25) is 0 Å². The number of aryl methyl sites for hydroxylation is 1. The molecule has 1 aliphatic rings. The first-order valence-electron chi connectivity index (χ1n) is 7.59. The van der Waals surface area contributed by atoms with Crippen LogP contribution < -0.4 is 5.73 Å². The highest BCUT2D eigenvalue weighted by atomic mass is 35.5. The predicted octanol–water partition coefficient (Wildman–Crippen LogP) is 3.84. The van der Waals surface area contributed by atoms with Crippen LogP contribution in [0.1, 0.15) is 36.3 Å². The van der Waals surface area contributed by atoms with E-state index < -0.39 is 0 Å². The lowest BCUT2D eigenvalue weighted by Crippen LogP contribution is -2.38. The third-order valence-electron chi connectivity index (χ3n) is 4.27. The van der Waals surface area contributed by atoms with Gasteiger partial charge in [-0.2, -0.15) is 0 Å². The third kappa shape index (κ3) is 4.10. The fourth-order valence-corrected chi connectivity index (χ4v) is 3.90. The van der Waals surface area contributed by atoms with Gasteiger partial charge in [0.05, 0.1) is 0 Å².